The van der Waals surface area contributed by atoms with Crippen LogP contribution in [0.3, 0.4) is 0 Å². The first kappa shape index (κ1) is 13.5. The number of aliphatic hydroxyl groups is 1. The summed E-state index contributed by atoms with van der Waals surface area (Å²) in [4.78, 5) is 11.2. The van der Waals surface area contributed by atoms with Crippen molar-refractivity contribution in [3.8, 4) is 0 Å². The molecule has 1 atom stereocenters. The number of carbonyl (C=O) groups is 1. The molecule has 0 spiro atoms. The van der Waals surface area contributed by atoms with Crippen molar-refractivity contribution in [1.82, 2.24) is 0 Å². The van der Waals surface area contributed by atoms with E-state index in [4.69, 9.17) is 0 Å². The number of hydrogen-bond donors (Lipinski definition) is 1. The molecule has 0 aliphatic heterocycles. The zero-order valence-electron chi connectivity index (χ0n) is 8.99. The Hall–Kier alpha value is -1.56. The van der Waals surface area contributed by atoms with Gasteiger partial charge in [0.25, 0.3) is 0 Å². The van der Waals surface area contributed by atoms with Crippen LogP contribution in [0.2, 0.25) is 0 Å². The van der Waals surface area contributed by atoms with E-state index in [-0.39, 0.29) is 12.2 Å². The molecule has 0 aromatic heterocycles. The second kappa shape index (κ2) is 5.18. The summed E-state index contributed by atoms with van der Waals surface area (Å²) in [5.74, 6) is -0.966. The maximum absolute atomic E-state index is 12.4. The van der Waals surface area contributed by atoms with Crippen molar-refractivity contribution >= 4 is 5.97 Å². The molecule has 3 nitrogen and oxygen atoms in total. The molecule has 0 aliphatic rings. The zero-order valence-corrected chi connectivity index (χ0v) is 8.99. The van der Waals surface area contributed by atoms with Crippen molar-refractivity contribution in [2.24, 2.45) is 0 Å². The molecule has 0 saturated heterocycles. The highest BCUT2D eigenvalue weighted by atomic mass is 19.4. The number of rotatable bonds is 3. The first-order chi connectivity index (χ1) is 7.86. The SMILES string of the molecule is CCOC(=O)C(O)c1cccc(C(F)(F)F)c1. The van der Waals surface area contributed by atoms with Crippen LogP contribution in [0.1, 0.15) is 24.2 Å². The summed E-state index contributed by atoms with van der Waals surface area (Å²) in [6.07, 6.45) is -6.21. The summed E-state index contributed by atoms with van der Waals surface area (Å²) in [6.45, 7) is 1.59. The van der Waals surface area contributed by atoms with Crippen LogP contribution in [0.4, 0.5) is 13.2 Å². The molecular formula is C11H11F3O3. The quantitative estimate of drug-likeness (QED) is 0.835. The predicted octanol–water partition coefficient (Wildman–Crippen LogP) is 2.30. The van der Waals surface area contributed by atoms with Crippen LogP contribution >= 0.6 is 0 Å². The molecule has 94 valence electrons. The number of alkyl halides is 3. The standard InChI is InChI=1S/C11H11F3O3/c1-2-17-10(16)9(15)7-4-3-5-8(6-7)11(12,13)14/h3-6,9,15H,2H2,1H3. The monoisotopic (exact) mass is 248 g/mol. The Balaban J connectivity index is 2.96. The molecule has 0 radical (unpaired) electrons. The lowest BCUT2D eigenvalue weighted by atomic mass is 10.1. The molecule has 0 amide bonds. The van der Waals surface area contributed by atoms with Gasteiger partial charge in [-0.1, -0.05) is 12.1 Å². The Morgan fingerprint density at radius 3 is 2.65 bits per heavy atom. The van der Waals surface area contributed by atoms with Crippen molar-refractivity contribution in [2.75, 3.05) is 6.61 Å². The van der Waals surface area contributed by atoms with E-state index in [1.165, 1.54) is 13.0 Å². The lowest BCUT2D eigenvalue weighted by Gasteiger charge is -2.12. The van der Waals surface area contributed by atoms with Crippen molar-refractivity contribution < 1.29 is 27.8 Å². The number of ether oxygens (including phenoxy) is 1. The highest BCUT2D eigenvalue weighted by Gasteiger charge is 2.31. The third kappa shape index (κ3) is 3.45. The molecule has 1 aromatic carbocycles. The highest BCUT2D eigenvalue weighted by Crippen LogP contribution is 2.30. The van der Waals surface area contributed by atoms with Gasteiger partial charge in [-0.05, 0) is 24.6 Å². The smallest absolute Gasteiger partial charge is 0.416 e. The first-order valence-corrected chi connectivity index (χ1v) is 4.88. The molecule has 1 N–H and O–H groups in total. The van der Waals surface area contributed by atoms with Gasteiger partial charge in [0.1, 0.15) is 0 Å². The number of benzene rings is 1. The summed E-state index contributed by atoms with van der Waals surface area (Å²) in [5, 5.41) is 9.47. The number of hydrogen-bond acceptors (Lipinski definition) is 3. The van der Waals surface area contributed by atoms with Crippen LogP contribution in [0, 0.1) is 0 Å². The molecule has 0 aliphatic carbocycles. The highest BCUT2D eigenvalue weighted by molar-refractivity contribution is 5.76. The van der Waals surface area contributed by atoms with Crippen LogP contribution in [0.15, 0.2) is 24.3 Å². The molecular weight excluding hydrogens is 237 g/mol. The zero-order chi connectivity index (χ0) is 13.1. The lowest BCUT2D eigenvalue weighted by molar-refractivity contribution is -0.153. The normalized spacial score (nSPS) is 13.2. The molecule has 17 heavy (non-hydrogen) atoms. The van der Waals surface area contributed by atoms with Crippen LogP contribution in [0.25, 0.3) is 0 Å². The molecule has 6 heteroatoms. The molecule has 0 saturated carbocycles. The van der Waals surface area contributed by atoms with Crippen LogP contribution in [0.5, 0.6) is 0 Å². The van der Waals surface area contributed by atoms with Gasteiger partial charge in [-0.25, -0.2) is 4.79 Å². The summed E-state index contributed by atoms with van der Waals surface area (Å²) in [5.41, 5.74) is -1.06. The Morgan fingerprint density at radius 1 is 1.47 bits per heavy atom. The average Bonchev–Trinajstić information content (AvgIpc) is 2.27. The van der Waals surface area contributed by atoms with E-state index in [0.29, 0.717) is 0 Å². The Bertz CT molecular complexity index is 401. The third-order valence-electron chi connectivity index (χ3n) is 2.04. The molecule has 1 unspecified atom stereocenters. The van der Waals surface area contributed by atoms with Crippen LogP contribution in [-0.2, 0) is 15.7 Å². The number of halogens is 3. The van der Waals surface area contributed by atoms with E-state index in [2.05, 4.69) is 4.74 Å². The van der Waals surface area contributed by atoms with Gasteiger partial charge < -0.3 is 9.84 Å². The lowest BCUT2D eigenvalue weighted by Crippen LogP contribution is -2.16. The topological polar surface area (TPSA) is 46.5 Å². The fourth-order valence-corrected chi connectivity index (χ4v) is 1.24. The van der Waals surface area contributed by atoms with E-state index in [1.54, 1.807) is 0 Å². The molecule has 0 bridgehead atoms. The van der Waals surface area contributed by atoms with Crippen molar-refractivity contribution in [2.45, 2.75) is 19.2 Å². The van der Waals surface area contributed by atoms with Crippen molar-refractivity contribution in [3.05, 3.63) is 35.4 Å². The average molecular weight is 248 g/mol. The predicted molar refractivity (Wildman–Crippen MR) is 53.0 cm³/mol. The van der Waals surface area contributed by atoms with Gasteiger partial charge in [0.2, 0.25) is 0 Å². The van der Waals surface area contributed by atoms with E-state index in [9.17, 15) is 23.1 Å². The van der Waals surface area contributed by atoms with Gasteiger partial charge in [0.05, 0.1) is 12.2 Å². The number of aliphatic hydroxyl groups excluding tert-OH is 1. The molecule has 0 fully saturated rings. The number of esters is 1. The number of carbonyl (C=O) groups excluding carboxylic acids is 1. The van der Waals surface area contributed by atoms with Gasteiger partial charge in [-0.3, -0.25) is 0 Å². The van der Waals surface area contributed by atoms with E-state index < -0.39 is 23.8 Å². The van der Waals surface area contributed by atoms with E-state index in [1.807, 2.05) is 0 Å². The Morgan fingerprint density at radius 2 is 2.12 bits per heavy atom. The first-order valence-electron chi connectivity index (χ1n) is 4.88. The molecule has 1 rings (SSSR count). The van der Waals surface area contributed by atoms with Crippen molar-refractivity contribution in [1.29, 1.82) is 0 Å². The van der Waals surface area contributed by atoms with Gasteiger partial charge in [0, 0.05) is 0 Å². The van der Waals surface area contributed by atoms with E-state index >= 15 is 0 Å². The fraction of sp³-hybridized carbons (Fsp3) is 0.364. The minimum atomic E-state index is -4.51. The minimum absolute atomic E-state index is 0.0505. The summed E-state index contributed by atoms with van der Waals surface area (Å²) >= 11 is 0. The molecule has 1 aromatic rings. The van der Waals surface area contributed by atoms with Crippen LogP contribution < -0.4 is 0 Å². The Labute approximate surface area is 95.8 Å². The summed E-state index contributed by atoms with van der Waals surface area (Å²) in [6, 6.07) is 3.94. The van der Waals surface area contributed by atoms with Gasteiger partial charge >= 0.3 is 12.1 Å². The summed E-state index contributed by atoms with van der Waals surface area (Å²) < 4.78 is 41.7. The molecule has 0 heterocycles. The van der Waals surface area contributed by atoms with Gasteiger partial charge in [-0.15, -0.1) is 0 Å². The van der Waals surface area contributed by atoms with Crippen molar-refractivity contribution in [3.63, 3.8) is 0 Å². The van der Waals surface area contributed by atoms with Crippen LogP contribution in [-0.4, -0.2) is 17.7 Å². The maximum Gasteiger partial charge on any atom is 0.416 e. The van der Waals surface area contributed by atoms with Gasteiger partial charge in [-0.2, -0.15) is 13.2 Å². The third-order valence-corrected chi connectivity index (χ3v) is 2.04. The minimum Gasteiger partial charge on any atom is -0.464 e. The Kier molecular flexibility index (Phi) is 4.11. The fourth-order valence-electron chi connectivity index (χ4n) is 1.24. The second-order valence-electron chi connectivity index (χ2n) is 3.28. The van der Waals surface area contributed by atoms with Gasteiger partial charge in [0.15, 0.2) is 6.10 Å². The van der Waals surface area contributed by atoms with E-state index in [0.717, 1.165) is 18.2 Å². The largest absolute Gasteiger partial charge is 0.464 e. The summed E-state index contributed by atoms with van der Waals surface area (Å²) in [7, 11) is 0. The second-order valence-corrected chi connectivity index (χ2v) is 3.28. The maximum atomic E-state index is 12.4.